The average Bonchev–Trinajstić information content (AvgIpc) is 2.98. The summed E-state index contributed by atoms with van der Waals surface area (Å²) in [6.07, 6.45) is 2.59. The number of thioether (sulfide) groups is 1. The molecule has 2 N–H and O–H groups in total. The van der Waals surface area contributed by atoms with Crippen molar-refractivity contribution in [1.29, 1.82) is 0 Å². The van der Waals surface area contributed by atoms with Crippen LogP contribution in [0, 0.1) is 13.8 Å². The fraction of sp³-hybridized carbons (Fsp3) is 0.300. The van der Waals surface area contributed by atoms with Crippen molar-refractivity contribution in [1.82, 2.24) is 5.32 Å². The third-order valence-electron chi connectivity index (χ3n) is 4.64. The first-order chi connectivity index (χ1) is 12.5. The zero-order valence-corrected chi connectivity index (χ0v) is 16.0. The minimum Gasteiger partial charge on any atom is -0.326 e. The van der Waals surface area contributed by atoms with Crippen LogP contribution in [0.3, 0.4) is 0 Å². The number of nitrogens with zero attached hydrogens (tertiary/aromatic N) is 1. The van der Waals surface area contributed by atoms with Crippen LogP contribution in [0.15, 0.2) is 47.4 Å². The molecule has 136 valence electrons. The van der Waals surface area contributed by atoms with Gasteiger partial charge in [-0.2, -0.15) is 0 Å². The minimum absolute atomic E-state index is 0.0683. The number of carbonyl (C=O) groups excluding carboxylic acids is 2. The van der Waals surface area contributed by atoms with E-state index in [9.17, 15) is 9.59 Å². The van der Waals surface area contributed by atoms with Gasteiger partial charge in [0.15, 0.2) is 0 Å². The monoisotopic (exact) mass is 369 g/mol. The number of aryl methyl sites for hydroxylation is 2. The molecule has 0 radical (unpaired) electrons. The van der Waals surface area contributed by atoms with Gasteiger partial charge in [0.2, 0.25) is 5.91 Å². The van der Waals surface area contributed by atoms with E-state index in [-0.39, 0.29) is 11.9 Å². The maximum absolute atomic E-state index is 12.7. The quantitative estimate of drug-likeness (QED) is 0.802. The second-order valence-electron chi connectivity index (χ2n) is 6.43. The molecular weight excluding hydrogens is 346 g/mol. The first-order valence-electron chi connectivity index (χ1n) is 8.58. The Morgan fingerprint density at radius 2 is 1.96 bits per heavy atom. The normalized spacial score (nSPS) is 16.7. The van der Waals surface area contributed by atoms with Crippen molar-refractivity contribution in [3.63, 3.8) is 0 Å². The molecule has 2 aromatic carbocycles. The Morgan fingerprint density at radius 1 is 1.15 bits per heavy atom. The predicted octanol–water partition coefficient (Wildman–Crippen LogP) is 3.95. The number of hydrogen-bond acceptors (Lipinski definition) is 3. The van der Waals surface area contributed by atoms with E-state index in [1.54, 1.807) is 16.7 Å². The summed E-state index contributed by atoms with van der Waals surface area (Å²) < 4.78 is 0. The topological polar surface area (TPSA) is 61.4 Å². The highest BCUT2D eigenvalue weighted by Gasteiger charge is 2.33. The lowest BCUT2D eigenvalue weighted by molar-refractivity contribution is -0.118. The third kappa shape index (κ3) is 4.02. The predicted molar refractivity (Wildman–Crippen MR) is 107 cm³/mol. The molecular formula is C20H23N3O2S. The summed E-state index contributed by atoms with van der Waals surface area (Å²) in [4.78, 5) is 27.7. The standard InChI is InChI=1S/C20H23N3O2S/c1-13-7-8-16(11-14(13)2)23-10-9-18(19(23)24)22-20(25)21-15-5-4-6-17(12-15)26-3/h4-8,11-12,18H,9-10H2,1-3H3,(H2,21,22,25)/t18-/m1/s1. The highest BCUT2D eigenvalue weighted by atomic mass is 32.2. The summed E-state index contributed by atoms with van der Waals surface area (Å²) in [5.41, 5.74) is 3.95. The molecule has 1 heterocycles. The molecule has 0 aliphatic carbocycles. The van der Waals surface area contributed by atoms with Crippen LogP contribution in [0.25, 0.3) is 0 Å². The van der Waals surface area contributed by atoms with Gasteiger partial charge in [0.25, 0.3) is 0 Å². The lowest BCUT2D eigenvalue weighted by Gasteiger charge is -2.18. The van der Waals surface area contributed by atoms with Gasteiger partial charge < -0.3 is 15.5 Å². The van der Waals surface area contributed by atoms with Crippen LogP contribution in [0.2, 0.25) is 0 Å². The molecule has 0 aromatic heterocycles. The molecule has 1 fully saturated rings. The van der Waals surface area contributed by atoms with Crippen LogP contribution in [0.1, 0.15) is 17.5 Å². The molecule has 1 aliphatic rings. The van der Waals surface area contributed by atoms with Gasteiger partial charge in [-0.05, 0) is 68.0 Å². The van der Waals surface area contributed by atoms with Gasteiger partial charge >= 0.3 is 6.03 Å². The number of rotatable bonds is 4. The molecule has 0 unspecified atom stereocenters. The van der Waals surface area contributed by atoms with E-state index in [1.165, 1.54) is 5.56 Å². The van der Waals surface area contributed by atoms with Crippen LogP contribution in [-0.2, 0) is 4.79 Å². The Labute approximate surface area is 158 Å². The second kappa shape index (κ2) is 7.83. The molecule has 5 nitrogen and oxygen atoms in total. The maximum Gasteiger partial charge on any atom is 0.319 e. The van der Waals surface area contributed by atoms with Gasteiger partial charge in [-0.25, -0.2) is 4.79 Å². The lowest BCUT2D eigenvalue weighted by Crippen LogP contribution is -2.43. The van der Waals surface area contributed by atoms with Crippen molar-refractivity contribution in [3.05, 3.63) is 53.6 Å². The van der Waals surface area contributed by atoms with E-state index in [0.717, 1.165) is 16.1 Å². The Kier molecular flexibility index (Phi) is 5.52. The molecule has 1 saturated heterocycles. The van der Waals surface area contributed by atoms with Crippen molar-refractivity contribution >= 4 is 35.1 Å². The van der Waals surface area contributed by atoms with Crippen molar-refractivity contribution in [2.45, 2.75) is 31.2 Å². The summed E-state index contributed by atoms with van der Waals surface area (Å²) in [6, 6.07) is 12.7. The molecule has 1 aliphatic heterocycles. The van der Waals surface area contributed by atoms with Gasteiger partial charge in [0.05, 0.1) is 0 Å². The van der Waals surface area contributed by atoms with Crippen LogP contribution >= 0.6 is 11.8 Å². The molecule has 2 aromatic rings. The summed E-state index contributed by atoms with van der Waals surface area (Å²) in [5, 5.41) is 5.59. The molecule has 1 atom stereocenters. The van der Waals surface area contributed by atoms with E-state index >= 15 is 0 Å². The molecule has 6 heteroatoms. The highest BCUT2D eigenvalue weighted by molar-refractivity contribution is 7.98. The zero-order valence-electron chi connectivity index (χ0n) is 15.2. The summed E-state index contributed by atoms with van der Waals surface area (Å²) in [6.45, 7) is 4.69. The summed E-state index contributed by atoms with van der Waals surface area (Å²) >= 11 is 1.61. The number of benzene rings is 2. The van der Waals surface area contributed by atoms with Crippen molar-refractivity contribution < 1.29 is 9.59 Å². The zero-order chi connectivity index (χ0) is 18.7. The molecule has 26 heavy (non-hydrogen) atoms. The van der Waals surface area contributed by atoms with Gasteiger partial charge in [0.1, 0.15) is 6.04 Å². The lowest BCUT2D eigenvalue weighted by atomic mass is 10.1. The van der Waals surface area contributed by atoms with Crippen LogP contribution in [0.4, 0.5) is 16.2 Å². The Morgan fingerprint density at radius 3 is 2.69 bits per heavy atom. The van der Waals surface area contributed by atoms with E-state index < -0.39 is 6.04 Å². The third-order valence-corrected chi connectivity index (χ3v) is 5.37. The molecule has 0 saturated carbocycles. The van der Waals surface area contributed by atoms with E-state index in [2.05, 4.69) is 10.6 Å². The number of hydrogen-bond donors (Lipinski definition) is 2. The van der Waals surface area contributed by atoms with Gasteiger partial charge in [-0.3, -0.25) is 4.79 Å². The van der Waals surface area contributed by atoms with Gasteiger partial charge in [-0.1, -0.05) is 12.1 Å². The van der Waals surface area contributed by atoms with Crippen LogP contribution < -0.4 is 15.5 Å². The van der Waals surface area contributed by atoms with Gasteiger partial charge in [0, 0.05) is 22.8 Å². The minimum atomic E-state index is -0.500. The summed E-state index contributed by atoms with van der Waals surface area (Å²) in [7, 11) is 0. The SMILES string of the molecule is CSc1cccc(NC(=O)N[C@@H]2CCN(c3ccc(C)c(C)c3)C2=O)c1. The van der Waals surface area contributed by atoms with Gasteiger partial charge in [-0.15, -0.1) is 11.8 Å². The van der Waals surface area contributed by atoms with E-state index in [0.29, 0.717) is 18.7 Å². The van der Waals surface area contributed by atoms with Crippen LogP contribution in [-0.4, -0.2) is 30.8 Å². The highest BCUT2D eigenvalue weighted by Crippen LogP contribution is 2.24. The largest absolute Gasteiger partial charge is 0.326 e. The Bertz CT molecular complexity index is 838. The second-order valence-corrected chi connectivity index (χ2v) is 7.31. The number of nitrogens with one attached hydrogen (secondary N) is 2. The number of anilines is 2. The fourth-order valence-corrected chi connectivity index (χ4v) is 3.45. The number of amides is 3. The first-order valence-corrected chi connectivity index (χ1v) is 9.80. The number of carbonyl (C=O) groups is 2. The summed E-state index contributed by atoms with van der Waals surface area (Å²) in [5.74, 6) is -0.0683. The first kappa shape index (κ1) is 18.3. The van der Waals surface area contributed by atoms with Crippen LogP contribution in [0.5, 0.6) is 0 Å². The maximum atomic E-state index is 12.7. The fourth-order valence-electron chi connectivity index (χ4n) is 2.99. The molecule has 3 rings (SSSR count). The smallest absolute Gasteiger partial charge is 0.319 e. The average molecular weight is 369 g/mol. The Balaban J connectivity index is 1.62. The van der Waals surface area contributed by atoms with Crippen molar-refractivity contribution in [2.24, 2.45) is 0 Å². The molecule has 0 spiro atoms. The van der Waals surface area contributed by atoms with E-state index in [1.807, 2.05) is 62.6 Å². The molecule has 0 bridgehead atoms. The Hall–Kier alpha value is -2.47. The molecule has 3 amide bonds. The number of urea groups is 1. The van der Waals surface area contributed by atoms with Crippen molar-refractivity contribution in [3.8, 4) is 0 Å². The van der Waals surface area contributed by atoms with Crippen molar-refractivity contribution in [2.75, 3.05) is 23.0 Å². The van der Waals surface area contributed by atoms with E-state index in [4.69, 9.17) is 0 Å².